The van der Waals surface area contributed by atoms with Crippen LogP contribution in [0.3, 0.4) is 0 Å². The first kappa shape index (κ1) is 68.2. The van der Waals surface area contributed by atoms with Gasteiger partial charge in [-0.15, -0.1) is 0 Å². The SMILES string of the molecule is CC/C=C\C/C=C\C/C=C\C/C=C\C/C=C\C/C=C\C/C=C\C/C=C\C/C=C\C/C=C\CCCCCCCCC(=O)OC(COC(=O)CCCCCCC/C=C\CCCC)COP(=O)(O)OCC[N+](C)(C)C. The first-order valence-corrected chi connectivity index (χ1v) is 29.4. The van der Waals surface area contributed by atoms with Crippen molar-refractivity contribution in [2.75, 3.05) is 47.5 Å². The molecule has 0 radical (unpaired) electrons. The third kappa shape index (κ3) is 55.5. The molecule has 0 aliphatic carbocycles. The van der Waals surface area contributed by atoms with E-state index in [0.717, 1.165) is 148 Å². The van der Waals surface area contributed by atoms with Gasteiger partial charge in [-0.3, -0.25) is 18.6 Å². The van der Waals surface area contributed by atoms with Crippen LogP contribution in [0.25, 0.3) is 0 Å². The molecule has 2 atom stereocenters. The molecule has 1 N–H and O–H groups in total. The highest BCUT2D eigenvalue weighted by Crippen LogP contribution is 2.43. The molecule has 0 aromatic heterocycles. The van der Waals surface area contributed by atoms with Gasteiger partial charge in [0.2, 0.25) is 0 Å². The Labute approximate surface area is 441 Å². The zero-order valence-corrected chi connectivity index (χ0v) is 47.0. The molecule has 0 aliphatic rings. The van der Waals surface area contributed by atoms with E-state index in [1.807, 2.05) is 21.1 Å². The normalized spacial score (nSPS) is 14.4. The second-order valence-electron chi connectivity index (χ2n) is 19.2. The number of esters is 2. The lowest BCUT2D eigenvalue weighted by Gasteiger charge is -2.24. The Morgan fingerprint density at radius 1 is 0.444 bits per heavy atom. The van der Waals surface area contributed by atoms with E-state index < -0.39 is 26.5 Å². The molecule has 9 nitrogen and oxygen atoms in total. The molecule has 0 amide bonds. The number of carbonyl (C=O) groups is 2. The number of unbranched alkanes of at least 4 members (excludes halogenated alkanes) is 13. The topological polar surface area (TPSA) is 108 Å². The maximum Gasteiger partial charge on any atom is 0.472 e. The van der Waals surface area contributed by atoms with Crippen LogP contribution in [0.4, 0.5) is 0 Å². The second kappa shape index (κ2) is 52.0. The smallest absolute Gasteiger partial charge is 0.462 e. The predicted molar refractivity (Wildman–Crippen MR) is 307 cm³/mol. The Morgan fingerprint density at radius 2 is 0.792 bits per heavy atom. The van der Waals surface area contributed by atoms with Gasteiger partial charge in [0, 0.05) is 12.8 Å². The molecule has 0 saturated carbocycles. The molecule has 0 spiro atoms. The minimum atomic E-state index is -4.39. The summed E-state index contributed by atoms with van der Waals surface area (Å²) < 4.78 is 34.4. The Balaban J connectivity index is 4.17. The van der Waals surface area contributed by atoms with E-state index in [2.05, 4.69) is 148 Å². The zero-order valence-electron chi connectivity index (χ0n) is 46.1. The molecule has 0 bridgehead atoms. The number of phosphoric ester groups is 1. The van der Waals surface area contributed by atoms with Crippen LogP contribution < -0.4 is 0 Å². The molecular weight excluding hydrogens is 918 g/mol. The summed E-state index contributed by atoms with van der Waals surface area (Å²) in [6, 6.07) is 0. The molecule has 0 fully saturated rings. The summed E-state index contributed by atoms with van der Waals surface area (Å²) in [5.74, 6) is -0.838. The number of carbonyl (C=O) groups excluding carboxylic acids is 2. The summed E-state index contributed by atoms with van der Waals surface area (Å²) in [5.41, 5.74) is 0. The van der Waals surface area contributed by atoms with E-state index in [0.29, 0.717) is 17.4 Å². The molecule has 72 heavy (non-hydrogen) atoms. The highest BCUT2D eigenvalue weighted by atomic mass is 31.2. The van der Waals surface area contributed by atoms with Crippen LogP contribution in [0.2, 0.25) is 0 Å². The maximum atomic E-state index is 12.8. The van der Waals surface area contributed by atoms with Crippen molar-refractivity contribution < 1.29 is 42.1 Å². The molecule has 0 aromatic carbocycles. The van der Waals surface area contributed by atoms with Crippen LogP contribution in [-0.2, 0) is 32.7 Å². The number of likely N-dealkylation sites (N-methyl/N-ethyl adjacent to an activating group) is 1. The molecule has 0 aromatic rings. The number of allylic oxidation sites excluding steroid dienone is 22. The van der Waals surface area contributed by atoms with Gasteiger partial charge in [0.1, 0.15) is 19.8 Å². The van der Waals surface area contributed by atoms with Gasteiger partial charge in [0.25, 0.3) is 0 Å². The Kier molecular flexibility index (Phi) is 49.2. The van der Waals surface area contributed by atoms with Gasteiger partial charge in [0.05, 0.1) is 27.7 Å². The number of ether oxygens (including phenoxy) is 2. The van der Waals surface area contributed by atoms with Crippen molar-refractivity contribution in [2.24, 2.45) is 0 Å². The lowest BCUT2D eigenvalue weighted by atomic mass is 10.1. The van der Waals surface area contributed by atoms with Gasteiger partial charge in [-0.2, -0.15) is 0 Å². The van der Waals surface area contributed by atoms with E-state index in [-0.39, 0.29) is 32.0 Å². The van der Waals surface area contributed by atoms with E-state index in [1.54, 1.807) is 0 Å². The number of nitrogens with zero attached hydrogens (tertiary/aromatic N) is 1. The van der Waals surface area contributed by atoms with Crippen LogP contribution in [0.15, 0.2) is 134 Å². The highest BCUT2D eigenvalue weighted by molar-refractivity contribution is 7.47. The largest absolute Gasteiger partial charge is 0.472 e. The Bertz CT molecular complexity index is 1670. The molecule has 0 rings (SSSR count). The van der Waals surface area contributed by atoms with E-state index in [9.17, 15) is 19.0 Å². The number of rotatable bonds is 49. The van der Waals surface area contributed by atoms with Gasteiger partial charge in [0.15, 0.2) is 6.10 Å². The lowest BCUT2D eigenvalue weighted by molar-refractivity contribution is -0.870. The van der Waals surface area contributed by atoms with Gasteiger partial charge in [-0.25, -0.2) is 4.57 Å². The fourth-order valence-corrected chi connectivity index (χ4v) is 7.59. The maximum absolute atomic E-state index is 12.8. The average Bonchev–Trinajstić information content (AvgIpc) is 3.34. The van der Waals surface area contributed by atoms with E-state index in [1.165, 1.54) is 12.8 Å². The minimum Gasteiger partial charge on any atom is -0.462 e. The van der Waals surface area contributed by atoms with Gasteiger partial charge in [-0.1, -0.05) is 205 Å². The average molecular weight is 1020 g/mol. The Morgan fingerprint density at radius 3 is 1.19 bits per heavy atom. The van der Waals surface area contributed by atoms with Crippen molar-refractivity contribution >= 4 is 19.8 Å². The van der Waals surface area contributed by atoms with Crippen LogP contribution in [-0.4, -0.2) is 74.9 Å². The van der Waals surface area contributed by atoms with Gasteiger partial charge in [-0.05, 0) is 109 Å². The molecule has 0 heterocycles. The molecule has 2 unspecified atom stereocenters. The second-order valence-corrected chi connectivity index (χ2v) is 20.7. The monoisotopic (exact) mass is 1020 g/mol. The summed E-state index contributed by atoms with van der Waals surface area (Å²) in [5, 5.41) is 0. The first-order chi connectivity index (χ1) is 35.0. The van der Waals surface area contributed by atoms with Crippen molar-refractivity contribution in [1.29, 1.82) is 0 Å². The summed E-state index contributed by atoms with van der Waals surface area (Å²) in [6.45, 7) is 4.22. The summed E-state index contributed by atoms with van der Waals surface area (Å²) in [6.07, 6.45) is 75.3. The van der Waals surface area contributed by atoms with Gasteiger partial charge < -0.3 is 18.9 Å². The number of hydrogen-bond donors (Lipinski definition) is 1. The Hall–Kier alpha value is -3.85. The number of hydrogen-bond acceptors (Lipinski definition) is 7. The minimum absolute atomic E-state index is 0.0203. The fraction of sp³-hybridized carbons (Fsp3) is 0.613. The van der Waals surface area contributed by atoms with Crippen molar-refractivity contribution in [3.8, 4) is 0 Å². The molecule has 0 aliphatic heterocycles. The van der Waals surface area contributed by atoms with Crippen LogP contribution in [0.5, 0.6) is 0 Å². The summed E-state index contributed by atoms with van der Waals surface area (Å²) >= 11 is 0. The third-order valence-corrected chi connectivity index (χ3v) is 12.1. The standard InChI is InChI=1S/C62H102NO8P/c1-6-8-10-12-14-16-18-19-20-21-22-23-24-25-26-27-28-29-30-31-32-33-34-35-36-37-38-39-40-41-42-43-45-47-49-51-53-55-62(65)71-60(59-70-72(66,67)69-57-56-63(3,4)5)58-68-61(64)54-52-50-48-46-44-17-15-13-11-9-7-2/h8,10,13-16,19-20,22-23,25-26,28-29,31-32,34-35,37-38,40-41,60H,6-7,9,11-12,17-18,21,24,27,30,33,36,39,42-59H2,1-5H3/p+1/b10-8-,15-13-,16-14-,20-19-,23-22-,26-25-,29-28-,32-31-,35-34-,38-37-,41-40-. The summed E-state index contributed by atoms with van der Waals surface area (Å²) in [7, 11) is 1.44. The van der Waals surface area contributed by atoms with Crippen molar-refractivity contribution in [3.05, 3.63) is 134 Å². The third-order valence-electron chi connectivity index (χ3n) is 11.2. The predicted octanol–water partition coefficient (Wildman–Crippen LogP) is 17.4. The first-order valence-electron chi connectivity index (χ1n) is 27.9. The summed E-state index contributed by atoms with van der Waals surface area (Å²) in [4.78, 5) is 35.5. The molecular formula is C62H103NO8P+. The number of quaternary nitrogens is 1. The highest BCUT2D eigenvalue weighted by Gasteiger charge is 2.27. The van der Waals surface area contributed by atoms with Gasteiger partial charge >= 0.3 is 19.8 Å². The van der Waals surface area contributed by atoms with E-state index >= 15 is 0 Å². The van der Waals surface area contributed by atoms with Crippen LogP contribution in [0.1, 0.15) is 194 Å². The van der Waals surface area contributed by atoms with Crippen molar-refractivity contribution in [3.63, 3.8) is 0 Å². The quantitative estimate of drug-likeness (QED) is 0.0211. The lowest BCUT2D eigenvalue weighted by Crippen LogP contribution is -2.37. The molecule has 0 saturated heterocycles. The van der Waals surface area contributed by atoms with Crippen molar-refractivity contribution in [2.45, 2.75) is 200 Å². The van der Waals surface area contributed by atoms with Crippen molar-refractivity contribution in [1.82, 2.24) is 0 Å². The van der Waals surface area contributed by atoms with E-state index in [4.69, 9.17) is 18.5 Å². The van der Waals surface area contributed by atoms with Crippen LogP contribution in [0, 0.1) is 0 Å². The number of phosphoric acid groups is 1. The fourth-order valence-electron chi connectivity index (χ4n) is 6.85. The zero-order chi connectivity index (χ0) is 52.7. The van der Waals surface area contributed by atoms with Crippen LogP contribution >= 0.6 is 7.82 Å². The molecule has 10 heteroatoms. The molecule has 408 valence electrons.